The first-order valence-corrected chi connectivity index (χ1v) is 5.15. The minimum Gasteiger partial charge on any atom is -0.507 e. The van der Waals surface area contributed by atoms with Gasteiger partial charge in [0.25, 0.3) is 0 Å². The highest BCUT2D eigenvalue weighted by molar-refractivity contribution is 5.61. The van der Waals surface area contributed by atoms with Gasteiger partial charge in [0.1, 0.15) is 11.5 Å². The summed E-state index contributed by atoms with van der Waals surface area (Å²) in [5.41, 5.74) is 6.26. The summed E-state index contributed by atoms with van der Waals surface area (Å²) in [6.07, 6.45) is 2.28. The van der Waals surface area contributed by atoms with Crippen LogP contribution in [-0.4, -0.2) is 16.1 Å². The van der Waals surface area contributed by atoms with Gasteiger partial charge in [0, 0.05) is 12.5 Å². The molecule has 4 nitrogen and oxygen atoms in total. The lowest BCUT2D eigenvalue weighted by Crippen LogP contribution is -2.17. The number of aromatic nitrogens is 1. The van der Waals surface area contributed by atoms with Gasteiger partial charge in [-0.25, -0.2) is 4.98 Å². The monoisotopic (exact) mass is 218 g/mol. The maximum absolute atomic E-state index is 9.63. The lowest BCUT2D eigenvalue weighted by atomic mass is 10.2. The Morgan fingerprint density at radius 2 is 2.19 bits per heavy atom. The van der Waals surface area contributed by atoms with Crippen LogP contribution < -0.4 is 5.73 Å². The molecule has 0 amide bonds. The van der Waals surface area contributed by atoms with Crippen molar-refractivity contribution in [3.63, 3.8) is 0 Å². The zero-order chi connectivity index (χ0) is 11.5. The second kappa shape index (κ2) is 4.37. The van der Waals surface area contributed by atoms with Crippen molar-refractivity contribution in [1.29, 1.82) is 0 Å². The molecule has 0 fully saturated rings. The molecule has 1 atom stereocenters. The Bertz CT molecular complexity index is 477. The van der Waals surface area contributed by atoms with E-state index in [1.165, 1.54) is 0 Å². The van der Waals surface area contributed by atoms with Crippen molar-refractivity contribution in [2.45, 2.75) is 19.4 Å². The Hall–Kier alpha value is -1.81. The van der Waals surface area contributed by atoms with E-state index in [9.17, 15) is 5.11 Å². The molecule has 0 saturated heterocycles. The minimum atomic E-state index is 0.0326. The fraction of sp³-hybridized carbons (Fsp3) is 0.250. The number of nitrogens with two attached hydrogens (primary N) is 1. The van der Waals surface area contributed by atoms with Crippen LogP contribution in [0.2, 0.25) is 0 Å². The van der Waals surface area contributed by atoms with Crippen molar-refractivity contribution in [3.05, 3.63) is 36.2 Å². The first kappa shape index (κ1) is 10.7. The molecule has 0 bridgehead atoms. The summed E-state index contributed by atoms with van der Waals surface area (Å²) in [7, 11) is 0. The van der Waals surface area contributed by atoms with E-state index in [1.807, 2.05) is 13.0 Å². The van der Waals surface area contributed by atoms with Gasteiger partial charge in [-0.05, 0) is 19.1 Å². The predicted octanol–water partition coefficient (Wildman–Crippen LogP) is 1.94. The Labute approximate surface area is 93.7 Å². The van der Waals surface area contributed by atoms with E-state index in [0.717, 1.165) is 5.76 Å². The number of phenols is 1. The number of benzene rings is 1. The molecule has 2 rings (SSSR count). The van der Waals surface area contributed by atoms with Crippen molar-refractivity contribution in [2.24, 2.45) is 5.73 Å². The van der Waals surface area contributed by atoms with Gasteiger partial charge in [-0.15, -0.1) is 0 Å². The smallest absolute Gasteiger partial charge is 0.229 e. The molecule has 4 heteroatoms. The number of phenolic OH excluding ortho intramolecular Hbond substituents is 1. The zero-order valence-electron chi connectivity index (χ0n) is 9.05. The molecule has 3 N–H and O–H groups in total. The summed E-state index contributed by atoms with van der Waals surface area (Å²) in [4.78, 5) is 4.12. The van der Waals surface area contributed by atoms with Crippen molar-refractivity contribution in [1.82, 2.24) is 4.98 Å². The molecule has 0 radical (unpaired) electrons. The number of rotatable bonds is 3. The third-order valence-electron chi connectivity index (χ3n) is 2.21. The standard InChI is InChI=1S/C12H14N2O2/c1-8(13)6-9-7-14-12(16-9)10-4-2-3-5-11(10)15/h2-5,7-8,15H,6,13H2,1H3. The molecular weight excluding hydrogens is 204 g/mol. The first-order valence-electron chi connectivity index (χ1n) is 5.15. The highest BCUT2D eigenvalue weighted by Crippen LogP contribution is 2.28. The summed E-state index contributed by atoms with van der Waals surface area (Å²) >= 11 is 0. The summed E-state index contributed by atoms with van der Waals surface area (Å²) in [5, 5.41) is 9.63. The molecule has 0 aliphatic heterocycles. The van der Waals surface area contributed by atoms with E-state index < -0.39 is 0 Å². The van der Waals surface area contributed by atoms with Gasteiger partial charge in [-0.2, -0.15) is 0 Å². The molecular formula is C12H14N2O2. The topological polar surface area (TPSA) is 72.3 Å². The van der Waals surface area contributed by atoms with Crippen LogP contribution >= 0.6 is 0 Å². The maximum Gasteiger partial charge on any atom is 0.229 e. The maximum atomic E-state index is 9.63. The first-order chi connectivity index (χ1) is 7.66. The van der Waals surface area contributed by atoms with Crippen LogP contribution in [0.5, 0.6) is 5.75 Å². The van der Waals surface area contributed by atoms with Gasteiger partial charge < -0.3 is 15.3 Å². The van der Waals surface area contributed by atoms with Crippen LogP contribution in [0.25, 0.3) is 11.5 Å². The zero-order valence-corrected chi connectivity index (χ0v) is 9.05. The van der Waals surface area contributed by atoms with Crippen LogP contribution in [0.15, 0.2) is 34.9 Å². The summed E-state index contributed by atoms with van der Waals surface area (Å²) < 4.78 is 5.51. The second-order valence-corrected chi connectivity index (χ2v) is 3.83. The van der Waals surface area contributed by atoms with Gasteiger partial charge in [-0.1, -0.05) is 12.1 Å². The summed E-state index contributed by atoms with van der Waals surface area (Å²) in [6.45, 7) is 1.90. The van der Waals surface area contributed by atoms with E-state index in [4.69, 9.17) is 10.2 Å². The number of oxazole rings is 1. The molecule has 1 heterocycles. The summed E-state index contributed by atoms with van der Waals surface area (Å²) in [6, 6.07) is 6.97. The highest BCUT2D eigenvalue weighted by Gasteiger charge is 2.10. The second-order valence-electron chi connectivity index (χ2n) is 3.83. The lowest BCUT2D eigenvalue weighted by molar-refractivity contribution is 0.467. The molecule has 84 valence electrons. The van der Waals surface area contributed by atoms with Crippen molar-refractivity contribution in [2.75, 3.05) is 0 Å². The lowest BCUT2D eigenvalue weighted by Gasteiger charge is -2.00. The average molecular weight is 218 g/mol. The number of para-hydroxylation sites is 1. The summed E-state index contributed by atoms with van der Waals surface area (Å²) in [5.74, 6) is 1.32. The number of hydrogen-bond donors (Lipinski definition) is 2. The van der Waals surface area contributed by atoms with Crippen molar-refractivity contribution >= 4 is 0 Å². The van der Waals surface area contributed by atoms with Gasteiger partial charge in [-0.3, -0.25) is 0 Å². The Balaban J connectivity index is 2.28. The minimum absolute atomic E-state index is 0.0326. The molecule has 16 heavy (non-hydrogen) atoms. The van der Waals surface area contributed by atoms with E-state index >= 15 is 0 Å². The Kier molecular flexibility index (Phi) is 2.92. The van der Waals surface area contributed by atoms with Gasteiger partial charge in [0.2, 0.25) is 5.89 Å². The normalized spacial score (nSPS) is 12.6. The van der Waals surface area contributed by atoms with Crippen molar-refractivity contribution < 1.29 is 9.52 Å². The number of nitrogens with zero attached hydrogens (tertiary/aromatic N) is 1. The Morgan fingerprint density at radius 1 is 1.44 bits per heavy atom. The van der Waals surface area contributed by atoms with Crippen LogP contribution in [0.4, 0.5) is 0 Å². The fourth-order valence-electron chi connectivity index (χ4n) is 1.50. The van der Waals surface area contributed by atoms with Crippen LogP contribution in [0, 0.1) is 0 Å². The van der Waals surface area contributed by atoms with E-state index in [0.29, 0.717) is 17.9 Å². The van der Waals surface area contributed by atoms with E-state index in [-0.39, 0.29) is 11.8 Å². The van der Waals surface area contributed by atoms with Crippen LogP contribution in [-0.2, 0) is 6.42 Å². The SMILES string of the molecule is CC(N)Cc1cnc(-c2ccccc2O)o1. The molecule has 1 aromatic heterocycles. The van der Waals surface area contributed by atoms with E-state index in [2.05, 4.69) is 4.98 Å². The van der Waals surface area contributed by atoms with Crippen LogP contribution in [0.1, 0.15) is 12.7 Å². The molecule has 0 aliphatic carbocycles. The highest BCUT2D eigenvalue weighted by atomic mass is 16.4. The van der Waals surface area contributed by atoms with Gasteiger partial charge >= 0.3 is 0 Å². The molecule has 0 saturated carbocycles. The van der Waals surface area contributed by atoms with E-state index in [1.54, 1.807) is 24.4 Å². The van der Waals surface area contributed by atoms with Gasteiger partial charge in [0.05, 0.1) is 11.8 Å². The third kappa shape index (κ3) is 2.23. The third-order valence-corrected chi connectivity index (χ3v) is 2.21. The molecule has 0 aliphatic rings. The fourth-order valence-corrected chi connectivity index (χ4v) is 1.50. The predicted molar refractivity (Wildman–Crippen MR) is 61.0 cm³/mol. The number of aromatic hydroxyl groups is 1. The quantitative estimate of drug-likeness (QED) is 0.825. The molecule has 2 aromatic rings. The van der Waals surface area contributed by atoms with Crippen molar-refractivity contribution in [3.8, 4) is 17.2 Å². The van der Waals surface area contributed by atoms with Crippen LogP contribution in [0.3, 0.4) is 0 Å². The molecule has 1 aromatic carbocycles. The average Bonchev–Trinajstić information content (AvgIpc) is 2.66. The van der Waals surface area contributed by atoms with Gasteiger partial charge in [0.15, 0.2) is 0 Å². The molecule has 1 unspecified atom stereocenters. The molecule has 0 spiro atoms. The Morgan fingerprint density at radius 3 is 2.88 bits per heavy atom. The number of hydrogen-bond acceptors (Lipinski definition) is 4. The largest absolute Gasteiger partial charge is 0.507 e.